The second-order valence-corrected chi connectivity index (χ2v) is 7.70. The van der Waals surface area contributed by atoms with Crippen LogP contribution in [-0.2, 0) is 11.0 Å². The summed E-state index contributed by atoms with van der Waals surface area (Å²) < 4.78 is 38.2. The fourth-order valence-electron chi connectivity index (χ4n) is 4.52. The number of likely N-dealkylation sites (tertiary alicyclic amines) is 1. The third-order valence-corrected chi connectivity index (χ3v) is 6.15. The molecule has 2 unspecified atom stereocenters. The number of carbonyl (C=O) groups excluding carboxylic acids is 1. The fourth-order valence-corrected chi connectivity index (χ4v) is 4.52. The maximum absolute atomic E-state index is 12.9. The number of alkyl halides is 3. The zero-order valence-electron chi connectivity index (χ0n) is 14.4. The van der Waals surface area contributed by atoms with Crippen molar-refractivity contribution in [2.45, 2.75) is 44.2 Å². The van der Waals surface area contributed by atoms with Crippen LogP contribution in [0.4, 0.5) is 13.2 Å². The number of halogens is 4. The minimum atomic E-state index is -4.44. The lowest BCUT2D eigenvalue weighted by atomic mass is 9.90. The Kier molecular flexibility index (Phi) is 5.27. The highest BCUT2D eigenvalue weighted by Crippen LogP contribution is 2.59. The fraction of sp³-hybridized carbons (Fsp3) is 0.765. The number of nitrogens with one attached hydrogen (secondary N) is 2. The van der Waals surface area contributed by atoms with Gasteiger partial charge in [-0.3, -0.25) is 9.89 Å². The van der Waals surface area contributed by atoms with Gasteiger partial charge in [0.25, 0.3) is 0 Å². The molecular formula is C17H24ClF3N4O. The van der Waals surface area contributed by atoms with Crippen molar-refractivity contribution < 1.29 is 18.0 Å². The predicted octanol–water partition coefficient (Wildman–Crippen LogP) is 2.95. The van der Waals surface area contributed by atoms with Gasteiger partial charge in [-0.1, -0.05) is 0 Å². The van der Waals surface area contributed by atoms with Crippen LogP contribution in [0.15, 0.2) is 6.07 Å². The third kappa shape index (κ3) is 3.58. The summed E-state index contributed by atoms with van der Waals surface area (Å²) in [5.74, 6) is 0.215. The lowest BCUT2D eigenvalue weighted by Crippen LogP contribution is -2.41. The second-order valence-electron chi connectivity index (χ2n) is 7.70. The van der Waals surface area contributed by atoms with Crippen molar-refractivity contribution in [1.29, 1.82) is 0 Å². The normalized spacial score (nSPS) is 27.9. The molecule has 146 valence electrons. The number of H-pyrrole nitrogens is 1. The van der Waals surface area contributed by atoms with Crippen LogP contribution in [-0.4, -0.2) is 47.2 Å². The van der Waals surface area contributed by atoms with Gasteiger partial charge in [0.05, 0.1) is 0 Å². The Morgan fingerprint density at radius 1 is 1.31 bits per heavy atom. The van der Waals surface area contributed by atoms with Gasteiger partial charge < -0.3 is 10.2 Å². The van der Waals surface area contributed by atoms with E-state index >= 15 is 0 Å². The van der Waals surface area contributed by atoms with E-state index in [0.717, 1.165) is 51.3 Å². The highest BCUT2D eigenvalue weighted by Gasteiger charge is 2.58. The van der Waals surface area contributed by atoms with Crippen LogP contribution in [0.1, 0.15) is 49.4 Å². The lowest BCUT2D eigenvalue weighted by Gasteiger charge is -2.33. The lowest BCUT2D eigenvalue weighted by molar-refractivity contribution is -0.141. The molecule has 1 amide bonds. The van der Waals surface area contributed by atoms with Crippen LogP contribution in [0.25, 0.3) is 0 Å². The van der Waals surface area contributed by atoms with Crippen molar-refractivity contribution >= 4 is 18.3 Å². The molecule has 2 aliphatic heterocycles. The highest BCUT2D eigenvalue weighted by molar-refractivity contribution is 5.85. The molecule has 4 rings (SSSR count). The molecule has 9 heteroatoms. The summed E-state index contributed by atoms with van der Waals surface area (Å²) in [6.07, 6.45) is 0.235. The Balaban J connectivity index is 0.00000196. The Morgan fingerprint density at radius 2 is 2.04 bits per heavy atom. The number of rotatable bonds is 2. The number of aromatic amines is 1. The minimum absolute atomic E-state index is 0. The Morgan fingerprint density at radius 3 is 2.69 bits per heavy atom. The minimum Gasteiger partial charge on any atom is -0.342 e. The maximum Gasteiger partial charge on any atom is 0.435 e. The molecule has 1 aliphatic carbocycles. The van der Waals surface area contributed by atoms with Gasteiger partial charge in [-0.2, -0.15) is 18.3 Å². The maximum atomic E-state index is 12.9. The SMILES string of the molecule is Cl.O=C(C1CC12CCNCC2)N1CCCC(c2cc(C(F)(F)F)n[nH]2)C1. The molecule has 2 N–H and O–H groups in total. The summed E-state index contributed by atoms with van der Waals surface area (Å²) in [5, 5.41) is 9.25. The van der Waals surface area contributed by atoms with E-state index in [0.29, 0.717) is 18.8 Å². The van der Waals surface area contributed by atoms with Gasteiger partial charge in [0, 0.05) is 30.6 Å². The molecule has 1 aromatic rings. The summed E-state index contributed by atoms with van der Waals surface area (Å²) in [6.45, 7) is 3.14. The topological polar surface area (TPSA) is 61.0 Å². The van der Waals surface area contributed by atoms with Crippen LogP contribution in [0.3, 0.4) is 0 Å². The zero-order chi connectivity index (χ0) is 17.7. The zero-order valence-corrected chi connectivity index (χ0v) is 15.3. The van der Waals surface area contributed by atoms with E-state index in [-0.39, 0.29) is 35.6 Å². The predicted molar refractivity (Wildman–Crippen MR) is 92.0 cm³/mol. The van der Waals surface area contributed by atoms with Crippen molar-refractivity contribution in [3.63, 3.8) is 0 Å². The number of hydrogen-bond acceptors (Lipinski definition) is 3. The molecule has 0 radical (unpaired) electrons. The molecule has 1 aromatic heterocycles. The van der Waals surface area contributed by atoms with E-state index in [1.165, 1.54) is 0 Å². The molecule has 3 aliphatic rings. The van der Waals surface area contributed by atoms with E-state index < -0.39 is 11.9 Å². The molecule has 2 atom stereocenters. The third-order valence-electron chi connectivity index (χ3n) is 6.15. The van der Waals surface area contributed by atoms with Gasteiger partial charge in [-0.15, -0.1) is 12.4 Å². The van der Waals surface area contributed by atoms with Crippen molar-refractivity contribution in [3.8, 4) is 0 Å². The average molecular weight is 393 g/mol. The molecule has 3 heterocycles. The van der Waals surface area contributed by atoms with Crippen molar-refractivity contribution in [1.82, 2.24) is 20.4 Å². The van der Waals surface area contributed by atoms with Crippen molar-refractivity contribution in [3.05, 3.63) is 17.5 Å². The number of amides is 1. The molecule has 3 fully saturated rings. The first kappa shape index (κ1) is 19.5. The molecule has 2 saturated heterocycles. The summed E-state index contributed by atoms with van der Waals surface area (Å²) in [4.78, 5) is 14.7. The molecule has 0 aromatic carbocycles. The number of nitrogens with zero attached hydrogens (tertiary/aromatic N) is 2. The van der Waals surface area contributed by atoms with E-state index in [1.54, 1.807) is 0 Å². The largest absolute Gasteiger partial charge is 0.435 e. The smallest absolute Gasteiger partial charge is 0.342 e. The summed E-state index contributed by atoms with van der Waals surface area (Å²) in [6, 6.07) is 1.09. The second kappa shape index (κ2) is 7.03. The summed E-state index contributed by atoms with van der Waals surface area (Å²) in [5.41, 5.74) is -0.216. The molecule has 26 heavy (non-hydrogen) atoms. The van der Waals surface area contributed by atoms with Gasteiger partial charge in [0.1, 0.15) is 0 Å². The molecular weight excluding hydrogens is 369 g/mol. The summed E-state index contributed by atoms with van der Waals surface area (Å²) in [7, 11) is 0. The van der Waals surface area contributed by atoms with E-state index in [4.69, 9.17) is 0 Å². The monoisotopic (exact) mass is 392 g/mol. The molecule has 1 saturated carbocycles. The Labute approximate surface area is 156 Å². The van der Waals surface area contributed by atoms with Crippen LogP contribution in [0.2, 0.25) is 0 Å². The quantitative estimate of drug-likeness (QED) is 0.813. The first-order chi connectivity index (χ1) is 11.9. The van der Waals surface area contributed by atoms with Gasteiger partial charge in [0.2, 0.25) is 5.91 Å². The number of piperidine rings is 2. The van der Waals surface area contributed by atoms with Crippen molar-refractivity contribution in [2.75, 3.05) is 26.2 Å². The van der Waals surface area contributed by atoms with Crippen LogP contribution in [0, 0.1) is 11.3 Å². The summed E-state index contributed by atoms with van der Waals surface area (Å²) >= 11 is 0. The molecule has 1 spiro atoms. The van der Waals surface area contributed by atoms with Crippen LogP contribution < -0.4 is 5.32 Å². The van der Waals surface area contributed by atoms with E-state index in [2.05, 4.69) is 15.5 Å². The number of carbonyl (C=O) groups is 1. The average Bonchev–Trinajstić information content (AvgIpc) is 3.06. The van der Waals surface area contributed by atoms with Crippen LogP contribution >= 0.6 is 12.4 Å². The molecule has 0 bridgehead atoms. The van der Waals surface area contributed by atoms with Gasteiger partial charge in [-0.25, -0.2) is 0 Å². The van der Waals surface area contributed by atoms with E-state index in [9.17, 15) is 18.0 Å². The van der Waals surface area contributed by atoms with Crippen molar-refractivity contribution in [2.24, 2.45) is 11.3 Å². The number of hydrogen-bond donors (Lipinski definition) is 2. The Hall–Kier alpha value is -1.28. The molecule has 5 nitrogen and oxygen atoms in total. The highest BCUT2D eigenvalue weighted by atomic mass is 35.5. The number of aromatic nitrogens is 2. The standard InChI is InChI=1S/C17H23F3N4O.ClH/c18-17(19,20)14-8-13(22-23-14)11-2-1-7-24(10-11)15(25)12-9-16(12)3-5-21-6-4-16;/h8,11-12,21H,1-7,9-10H2,(H,22,23);1H. The van der Waals surface area contributed by atoms with E-state index in [1.807, 2.05) is 4.90 Å². The van der Waals surface area contributed by atoms with Gasteiger partial charge >= 0.3 is 6.18 Å². The van der Waals surface area contributed by atoms with Gasteiger partial charge in [0.15, 0.2) is 5.69 Å². The first-order valence-electron chi connectivity index (χ1n) is 9.01. The van der Waals surface area contributed by atoms with Crippen LogP contribution in [0.5, 0.6) is 0 Å². The Bertz CT molecular complexity index is 657. The first-order valence-corrected chi connectivity index (χ1v) is 9.01. The van der Waals surface area contributed by atoms with Gasteiger partial charge in [-0.05, 0) is 56.7 Å².